The lowest BCUT2D eigenvalue weighted by Gasteiger charge is -2.15. The molecule has 1 fully saturated rings. The second-order valence-electron chi connectivity index (χ2n) is 5.17. The molecule has 0 spiro atoms. The van der Waals surface area contributed by atoms with Crippen molar-refractivity contribution in [3.05, 3.63) is 28.8 Å². The summed E-state index contributed by atoms with van der Waals surface area (Å²) in [5.74, 6) is 0.553. The molecule has 1 saturated heterocycles. The first-order valence-electron chi connectivity index (χ1n) is 6.39. The molecule has 108 valence electrons. The summed E-state index contributed by atoms with van der Waals surface area (Å²) in [6.45, 7) is 0. The summed E-state index contributed by atoms with van der Waals surface area (Å²) in [6, 6.07) is 4.93. The number of carbonyl (C=O) groups is 1. The van der Waals surface area contributed by atoms with Crippen LogP contribution in [0.5, 0.6) is 5.75 Å². The van der Waals surface area contributed by atoms with Gasteiger partial charge in [-0.1, -0.05) is 11.6 Å². The van der Waals surface area contributed by atoms with Crippen molar-refractivity contribution >= 4 is 27.3 Å². The molecule has 0 bridgehead atoms. The molecule has 2 aliphatic heterocycles. The van der Waals surface area contributed by atoms with E-state index in [1.54, 1.807) is 18.2 Å². The first kappa shape index (κ1) is 13.7. The highest BCUT2D eigenvalue weighted by molar-refractivity contribution is 7.91. The highest BCUT2D eigenvalue weighted by Gasteiger charge is 2.34. The van der Waals surface area contributed by atoms with Crippen molar-refractivity contribution in [3.8, 4) is 5.75 Å². The molecule has 20 heavy (non-hydrogen) atoms. The van der Waals surface area contributed by atoms with E-state index in [0.29, 0.717) is 23.6 Å². The summed E-state index contributed by atoms with van der Waals surface area (Å²) in [4.78, 5) is 12.1. The van der Waals surface area contributed by atoms with Gasteiger partial charge in [-0.2, -0.15) is 0 Å². The van der Waals surface area contributed by atoms with E-state index < -0.39 is 15.9 Å². The fourth-order valence-corrected chi connectivity index (χ4v) is 4.43. The van der Waals surface area contributed by atoms with Crippen LogP contribution >= 0.6 is 11.6 Å². The second kappa shape index (κ2) is 4.93. The lowest BCUT2D eigenvalue weighted by atomic mass is 10.1. The van der Waals surface area contributed by atoms with Crippen LogP contribution < -0.4 is 10.1 Å². The maximum absolute atomic E-state index is 12.1. The maximum atomic E-state index is 12.1. The van der Waals surface area contributed by atoms with Gasteiger partial charge >= 0.3 is 0 Å². The molecule has 2 heterocycles. The Balaban J connectivity index is 1.63. The zero-order valence-electron chi connectivity index (χ0n) is 10.6. The van der Waals surface area contributed by atoms with E-state index in [-0.39, 0.29) is 23.5 Å². The molecule has 5 nitrogen and oxygen atoms in total. The maximum Gasteiger partial charge on any atom is 0.261 e. The van der Waals surface area contributed by atoms with Crippen molar-refractivity contribution in [2.24, 2.45) is 0 Å². The molecule has 2 aliphatic rings. The third-order valence-electron chi connectivity index (χ3n) is 3.57. The van der Waals surface area contributed by atoms with Gasteiger partial charge in [0, 0.05) is 17.5 Å². The SMILES string of the molecule is O=C(N[C@@H]1CCS(=O)(=O)C1)[C@@H]1Cc2cc(Cl)ccc2O1. The number of sulfone groups is 1. The average molecular weight is 316 g/mol. The summed E-state index contributed by atoms with van der Waals surface area (Å²) in [6.07, 6.45) is 0.326. The van der Waals surface area contributed by atoms with E-state index in [2.05, 4.69) is 5.32 Å². The Hall–Kier alpha value is -1.27. The number of hydrogen-bond donors (Lipinski definition) is 1. The zero-order valence-corrected chi connectivity index (χ0v) is 12.2. The van der Waals surface area contributed by atoms with E-state index in [4.69, 9.17) is 16.3 Å². The van der Waals surface area contributed by atoms with E-state index in [0.717, 1.165) is 5.56 Å². The lowest BCUT2D eigenvalue weighted by molar-refractivity contribution is -0.127. The number of nitrogens with one attached hydrogen (secondary N) is 1. The van der Waals surface area contributed by atoms with Gasteiger partial charge in [0.1, 0.15) is 5.75 Å². The molecule has 0 unspecified atom stereocenters. The van der Waals surface area contributed by atoms with Crippen molar-refractivity contribution in [3.63, 3.8) is 0 Å². The van der Waals surface area contributed by atoms with Crippen molar-refractivity contribution < 1.29 is 17.9 Å². The number of halogens is 1. The molecule has 3 rings (SSSR count). The van der Waals surface area contributed by atoms with Crippen LogP contribution in [0.4, 0.5) is 0 Å². The number of fused-ring (bicyclic) bond motifs is 1. The largest absolute Gasteiger partial charge is 0.480 e. The molecule has 1 N–H and O–H groups in total. The van der Waals surface area contributed by atoms with Crippen molar-refractivity contribution in [1.82, 2.24) is 5.32 Å². The van der Waals surface area contributed by atoms with Crippen LogP contribution in [0.15, 0.2) is 18.2 Å². The zero-order chi connectivity index (χ0) is 14.3. The summed E-state index contributed by atoms with van der Waals surface area (Å²) in [5, 5.41) is 3.36. The Morgan fingerprint density at radius 2 is 2.20 bits per heavy atom. The van der Waals surface area contributed by atoms with Gasteiger partial charge in [0.05, 0.1) is 11.5 Å². The normalized spacial score (nSPS) is 26.9. The predicted octanol–water partition coefficient (Wildman–Crippen LogP) is 0.947. The highest BCUT2D eigenvalue weighted by Crippen LogP contribution is 2.31. The molecule has 7 heteroatoms. The number of carbonyl (C=O) groups excluding carboxylic acids is 1. The van der Waals surface area contributed by atoms with E-state index >= 15 is 0 Å². The average Bonchev–Trinajstić information content (AvgIpc) is 2.92. The Bertz CT molecular complexity index is 658. The van der Waals surface area contributed by atoms with Gasteiger partial charge in [-0.3, -0.25) is 4.79 Å². The summed E-state index contributed by atoms with van der Waals surface area (Å²) >= 11 is 5.90. The molecular formula is C13H14ClNO4S. The first-order valence-corrected chi connectivity index (χ1v) is 8.59. The minimum atomic E-state index is -3.00. The van der Waals surface area contributed by atoms with Crippen LogP contribution in [0.3, 0.4) is 0 Å². The molecule has 0 aliphatic carbocycles. The number of ether oxygens (including phenoxy) is 1. The Kier molecular flexibility index (Phi) is 3.38. The van der Waals surface area contributed by atoms with Gasteiger partial charge in [-0.25, -0.2) is 8.42 Å². The first-order chi connectivity index (χ1) is 9.43. The number of hydrogen-bond acceptors (Lipinski definition) is 4. The third-order valence-corrected chi connectivity index (χ3v) is 5.57. The van der Waals surface area contributed by atoms with Crippen LogP contribution in [0.1, 0.15) is 12.0 Å². The Morgan fingerprint density at radius 1 is 1.40 bits per heavy atom. The molecule has 1 aromatic carbocycles. The number of amides is 1. The molecule has 1 aromatic rings. The summed E-state index contributed by atoms with van der Waals surface area (Å²) in [5.41, 5.74) is 0.900. The predicted molar refractivity (Wildman–Crippen MR) is 74.8 cm³/mol. The van der Waals surface area contributed by atoms with Crippen LogP contribution in [-0.4, -0.2) is 38.0 Å². The van der Waals surface area contributed by atoms with Gasteiger partial charge in [0.25, 0.3) is 5.91 Å². The monoisotopic (exact) mass is 315 g/mol. The van der Waals surface area contributed by atoms with Gasteiger partial charge in [-0.15, -0.1) is 0 Å². The van der Waals surface area contributed by atoms with Crippen LogP contribution in [0.2, 0.25) is 5.02 Å². The van der Waals surface area contributed by atoms with E-state index in [1.165, 1.54) is 0 Å². The molecule has 2 atom stereocenters. The van der Waals surface area contributed by atoms with Crippen molar-refractivity contribution in [1.29, 1.82) is 0 Å². The van der Waals surface area contributed by atoms with Gasteiger partial charge in [0.2, 0.25) is 0 Å². The Labute approximate surface area is 122 Å². The van der Waals surface area contributed by atoms with E-state index in [1.807, 2.05) is 0 Å². The highest BCUT2D eigenvalue weighted by atomic mass is 35.5. The third kappa shape index (κ3) is 2.76. The fourth-order valence-electron chi connectivity index (χ4n) is 2.57. The molecular weight excluding hydrogens is 302 g/mol. The van der Waals surface area contributed by atoms with Gasteiger partial charge < -0.3 is 10.1 Å². The summed E-state index contributed by atoms with van der Waals surface area (Å²) in [7, 11) is -3.00. The van der Waals surface area contributed by atoms with Gasteiger partial charge in [-0.05, 0) is 30.2 Å². The van der Waals surface area contributed by atoms with Crippen LogP contribution in [-0.2, 0) is 21.1 Å². The molecule has 0 saturated carbocycles. The quantitative estimate of drug-likeness (QED) is 0.882. The minimum absolute atomic E-state index is 0.0181. The lowest BCUT2D eigenvalue weighted by Crippen LogP contribution is -2.43. The minimum Gasteiger partial charge on any atom is -0.480 e. The standard InChI is InChI=1S/C13H14ClNO4S/c14-9-1-2-11-8(5-9)6-12(19-11)13(16)15-10-3-4-20(17,18)7-10/h1-2,5,10,12H,3-4,6-7H2,(H,15,16)/t10-,12+/m1/s1. The van der Waals surface area contributed by atoms with Crippen molar-refractivity contribution in [2.75, 3.05) is 11.5 Å². The van der Waals surface area contributed by atoms with E-state index in [9.17, 15) is 13.2 Å². The number of benzene rings is 1. The topological polar surface area (TPSA) is 72.5 Å². The van der Waals surface area contributed by atoms with Crippen LogP contribution in [0, 0.1) is 0 Å². The van der Waals surface area contributed by atoms with Crippen molar-refractivity contribution in [2.45, 2.75) is 25.0 Å². The Morgan fingerprint density at radius 3 is 2.90 bits per heavy atom. The molecule has 0 aromatic heterocycles. The smallest absolute Gasteiger partial charge is 0.261 e. The fraction of sp³-hybridized carbons (Fsp3) is 0.462. The number of rotatable bonds is 2. The van der Waals surface area contributed by atoms with Crippen LogP contribution in [0.25, 0.3) is 0 Å². The van der Waals surface area contributed by atoms with Gasteiger partial charge in [0.15, 0.2) is 15.9 Å². The second-order valence-corrected chi connectivity index (χ2v) is 7.84. The molecule has 0 radical (unpaired) electrons. The summed E-state index contributed by atoms with van der Waals surface area (Å²) < 4.78 is 28.3. The molecule has 1 amide bonds.